The number of benzene rings is 1. The van der Waals surface area contributed by atoms with Gasteiger partial charge in [-0.1, -0.05) is 0 Å². The number of thiazole rings is 1. The molecule has 1 unspecified atom stereocenters. The summed E-state index contributed by atoms with van der Waals surface area (Å²) in [5.41, 5.74) is 0.673. The Morgan fingerprint density at radius 1 is 1.29 bits per heavy atom. The lowest BCUT2D eigenvalue weighted by molar-refractivity contribution is 0.185. The van der Waals surface area contributed by atoms with Crippen molar-refractivity contribution in [3.05, 3.63) is 51.5 Å². The van der Waals surface area contributed by atoms with Crippen LogP contribution in [-0.4, -0.2) is 22.5 Å². The number of aromatic nitrogens is 1. The van der Waals surface area contributed by atoms with Gasteiger partial charge < -0.3 is 10.2 Å². The molecule has 0 spiro atoms. The first-order valence-electron chi connectivity index (χ1n) is 8.04. The topological polar surface area (TPSA) is 45.2 Å². The number of amides is 2. The number of urea groups is 1. The molecule has 7 heteroatoms. The molecular weight excluding hydrogens is 332 g/mol. The average molecular weight is 349 g/mol. The number of rotatable bonds is 3. The molecule has 0 radical (unpaired) electrons. The van der Waals surface area contributed by atoms with Crippen molar-refractivity contribution < 1.29 is 13.6 Å². The van der Waals surface area contributed by atoms with Crippen LogP contribution in [0.3, 0.4) is 0 Å². The summed E-state index contributed by atoms with van der Waals surface area (Å²) in [5.74, 6) is -0.431. The summed E-state index contributed by atoms with van der Waals surface area (Å²) >= 11 is 1.53. The SMILES string of the molecule is O=C(NC(c1nccs1)C1CC1)N1CCc2c(F)ccc(F)c2C1. The molecular formula is C17H17F2N3OS. The van der Waals surface area contributed by atoms with Crippen molar-refractivity contribution in [2.45, 2.75) is 31.8 Å². The number of hydrogen-bond donors (Lipinski definition) is 1. The molecule has 1 aromatic carbocycles. The minimum absolute atomic E-state index is 0.0868. The van der Waals surface area contributed by atoms with E-state index < -0.39 is 11.6 Å². The smallest absolute Gasteiger partial charge is 0.318 e. The fourth-order valence-corrected chi connectivity index (χ4v) is 3.97. The highest BCUT2D eigenvalue weighted by Gasteiger charge is 2.36. The molecule has 1 saturated carbocycles. The first-order chi connectivity index (χ1) is 11.6. The van der Waals surface area contributed by atoms with Gasteiger partial charge >= 0.3 is 6.03 Å². The summed E-state index contributed by atoms with van der Waals surface area (Å²) in [4.78, 5) is 18.5. The summed E-state index contributed by atoms with van der Waals surface area (Å²) in [5, 5.41) is 5.83. The summed E-state index contributed by atoms with van der Waals surface area (Å²) < 4.78 is 27.8. The van der Waals surface area contributed by atoms with Crippen molar-refractivity contribution in [3.63, 3.8) is 0 Å². The van der Waals surface area contributed by atoms with E-state index in [4.69, 9.17) is 0 Å². The number of carbonyl (C=O) groups is 1. The lowest BCUT2D eigenvalue weighted by atomic mass is 9.99. The van der Waals surface area contributed by atoms with E-state index in [-0.39, 0.29) is 24.2 Å². The van der Waals surface area contributed by atoms with Crippen LogP contribution in [0.5, 0.6) is 0 Å². The summed E-state index contributed by atoms with van der Waals surface area (Å²) in [6.45, 7) is 0.481. The van der Waals surface area contributed by atoms with Gasteiger partial charge in [-0.3, -0.25) is 0 Å². The Bertz CT molecular complexity index is 761. The first-order valence-corrected chi connectivity index (χ1v) is 8.92. The molecule has 4 nitrogen and oxygen atoms in total. The number of carbonyl (C=O) groups excluding carboxylic acids is 1. The zero-order valence-electron chi connectivity index (χ0n) is 13.0. The molecule has 24 heavy (non-hydrogen) atoms. The molecule has 1 aliphatic heterocycles. The van der Waals surface area contributed by atoms with Gasteiger partial charge in [0, 0.05) is 23.7 Å². The van der Waals surface area contributed by atoms with Gasteiger partial charge in [0.1, 0.15) is 16.6 Å². The van der Waals surface area contributed by atoms with Gasteiger partial charge in [0.25, 0.3) is 0 Å². The average Bonchev–Trinajstić information content (AvgIpc) is 3.29. The zero-order chi connectivity index (χ0) is 16.7. The monoisotopic (exact) mass is 349 g/mol. The van der Waals surface area contributed by atoms with E-state index >= 15 is 0 Å². The van der Waals surface area contributed by atoms with Gasteiger partial charge in [-0.2, -0.15) is 0 Å². The Hall–Kier alpha value is -2.02. The molecule has 2 heterocycles. The second kappa shape index (κ2) is 6.12. The second-order valence-electron chi connectivity index (χ2n) is 6.29. The molecule has 0 saturated heterocycles. The lowest BCUT2D eigenvalue weighted by Gasteiger charge is -2.31. The van der Waals surface area contributed by atoms with Crippen molar-refractivity contribution in [2.24, 2.45) is 5.92 Å². The van der Waals surface area contributed by atoms with E-state index in [9.17, 15) is 13.6 Å². The molecule has 4 rings (SSSR count). The molecule has 126 valence electrons. The fourth-order valence-electron chi connectivity index (χ4n) is 3.19. The maximum Gasteiger partial charge on any atom is 0.318 e. The Labute approximate surface area is 142 Å². The van der Waals surface area contributed by atoms with Gasteiger partial charge in [0.2, 0.25) is 0 Å². The Morgan fingerprint density at radius 2 is 2.04 bits per heavy atom. The van der Waals surface area contributed by atoms with E-state index in [2.05, 4.69) is 10.3 Å². The molecule has 1 atom stereocenters. The van der Waals surface area contributed by atoms with Crippen LogP contribution in [0, 0.1) is 17.6 Å². The molecule has 0 bridgehead atoms. The highest BCUT2D eigenvalue weighted by atomic mass is 32.1. The van der Waals surface area contributed by atoms with E-state index in [0.717, 1.165) is 30.0 Å². The van der Waals surface area contributed by atoms with Crippen LogP contribution in [0.4, 0.5) is 13.6 Å². The molecule has 1 aromatic heterocycles. The van der Waals surface area contributed by atoms with Crippen LogP contribution >= 0.6 is 11.3 Å². The predicted octanol–water partition coefficient (Wildman–Crippen LogP) is 3.64. The van der Waals surface area contributed by atoms with Gasteiger partial charge in [0.15, 0.2) is 0 Å². The molecule has 1 aliphatic carbocycles. The maximum atomic E-state index is 14.0. The van der Waals surface area contributed by atoms with Gasteiger partial charge in [-0.15, -0.1) is 11.3 Å². The van der Waals surface area contributed by atoms with Crippen molar-refractivity contribution in [1.29, 1.82) is 0 Å². The summed E-state index contributed by atoms with van der Waals surface area (Å²) in [6, 6.07) is 1.95. The quantitative estimate of drug-likeness (QED) is 0.919. The van der Waals surface area contributed by atoms with Crippen molar-refractivity contribution >= 4 is 17.4 Å². The maximum absolute atomic E-state index is 14.0. The molecule has 1 fully saturated rings. The minimum atomic E-state index is -0.456. The van der Waals surface area contributed by atoms with Crippen LogP contribution in [0.25, 0.3) is 0 Å². The minimum Gasteiger partial charge on any atom is -0.328 e. The van der Waals surface area contributed by atoms with Crippen LogP contribution < -0.4 is 5.32 Å². The van der Waals surface area contributed by atoms with Crippen molar-refractivity contribution in [3.8, 4) is 0 Å². The predicted molar refractivity (Wildman–Crippen MR) is 86.6 cm³/mol. The van der Waals surface area contributed by atoms with Crippen molar-refractivity contribution in [1.82, 2.24) is 15.2 Å². The molecule has 1 N–H and O–H groups in total. The van der Waals surface area contributed by atoms with Crippen LogP contribution in [0.1, 0.15) is 35.0 Å². The fraction of sp³-hybridized carbons (Fsp3) is 0.412. The third-order valence-electron chi connectivity index (χ3n) is 4.67. The largest absolute Gasteiger partial charge is 0.328 e. The Morgan fingerprint density at radius 3 is 2.71 bits per heavy atom. The number of nitrogens with zero attached hydrogens (tertiary/aromatic N) is 2. The molecule has 2 amide bonds. The van der Waals surface area contributed by atoms with E-state index in [1.54, 1.807) is 11.1 Å². The highest BCUT2D eigenvalue weighted by molar-refractivity contribution is 7.09. The number of nitrogens with one attached hydrogen (secondary N) is 1. The lowest BCUT2D eigenvalue weighted by Crippen LogP contribution is -2.45. The van der Waals surface area contributed by atoms with Crippen LogP contribution in [-0.2, 0) is 13.0 Å². The zero-order valence-corrected chi connectivity index (χ0v) is 13.8. The van der Waals surface area contributed by atoms with Crippen molar-refractivity contribution in [2.75, 3.05) is 6.54 Å². The Kier molecular flexibility index (Phi) is 3.96. The summed E-state index contributed by atoms with van der Waals surface area (Å²) in [7, 11) is 0. The van der Waals surface area contributed by atoms with Gasteiger partial charge in [0.05, 0.1) is 12.6 Å². The first kappa shape index (κ1) is 15.5. The third kappa shape index (κ3) is 2.88. The molecule has 2 aliphatic rings. The highest BCUT2D eigenvalue weighted by Crippen LogP contribution is 2.41. The van der Waals surface area contributed by atoms with E-state index in [1.807, 2.05) is 5.38 Å². The molecule has 2 aromatic rings. The van der Waals surface area contributed by atoms with E-state index in [0.29, 0.717) is 24.4 Å². The van der Waals surface area contributed by atoms with Gasteiger partial charge in [-0.25, -0.2) is 18.6 Å². The van der Waals surface area contributed by atoms with Gasteiger partial charge in [-0.05, 0) is 42.9 Å². The van der Waals surface area contributed by atoms with Crippen LogP contribution in [0.15, 0.2) is 23.7 Å². The standard InChI is InChI=1S/C17H17F2N3OS/c18-13-3-4-14(19)12-9-22(7-5-11(12)13)17(23)21-15(10-1-2-10)16-20-6-8-24-16/h3-4,6,8,10,15H,1-2,5,7,9H2,(H,21,23). The number of hydrogen-bond acceptors (Lipinski definition) is 3. The van der Waals surface area contributed by atoms with E-state index in [1.165, 1.54) is 11.3 Å². The normalized spacial score (nSPS) is 18.2. The van der Waals surface area contributed by atoms with Crippen LogP contribution in [0.2, 0.25) is 0 Å². The summed E-state index contributed by atoms with van der Waals surface area (Å²) in [6.07, 6.45) is 4.22. The number of halogens is 2. The third-order valence-corrected chi connectivity index (χ3v) is 5.53. The second-order valence-corrected chi connectivity index (χ2v) is 7.22. The number of fused-ring (bicyclic) bond motifs is 1. The Balaban J connectivity index is 1.50.